The zero-order valence-electron chi connectivity index (χ0n) is 16.4. The molecule has 0 bridgehead atoms. The molecule has 0 saturated carbocycles. The van der Waals surface area contributed by atoms with Gasteiger partial charge in [-0.05, 0) is 42.8 Å². The minimum atomic E-state index is -4.53. The summed E-state index contributed by atoms with van der Waals surface area (Å²) in [6.07, 6.45) is -1.90. The van der Waals surface area contributed by atoms with E-state index in [2.05, 4.69) is 31.2 Å². The second-order valence-electron chi connectivity index (χ2n) is 7.02. The Kier molecular flexibility index (Phi) is 5.65. The first kappa shape index (κ1) is 21.6. The van der Waals surface area contributed by atoms with E-state index >= 15 is 0 Å². The molecule has 0 fully saturated rings. The lowest BCUT2D eigenvalue weighted by Crippen LogP contribution is -2.10. The lowest BCUT2D eigenvalue weighted by molar-refractivity contribution is -0.141. The summed E-state index contributed by atoms with van der Waals surface area (Å²) in [6, 6.07) is 12.7. The van der Waals surface area contributed by atoms with Gasteiger partial charge in [-0.25, -0.2) is 9.67 Å². The highest BCUT2D eigenvalue weighted by molar-refractivity contribution is 9.10. The van der Waals surface area contributed by atoms with Crippen molar-refractivity contribution in [1.82, 2.24) is 24.5 Å². The standard InChI is InChI=1S/C21H16BrClF3N5/c1-12(14-3-6-16(23)7-4-14)19-10-27-29-31(19)18-9-15(22)5-8-17(18)30-11-20(21(24,25)26)28-13(30)2/h3-12H,1-2H3. The topological polar surface area (TPSA) is 48.5 Å². The maximum Gasteiger partial charge on any atom is 0.434 e. The van der Waals surface area contributed by atoms with Crippen LogP contribution in [-0.2, 0) is 6.18 Å². The molecule has 0 aliphatic carbocycles. The third kappa shape index (κ3) is 4.24. The SMILES string of the molecule is Cc1nc(C(F)(F)F)cn1-c1ccc(Br)cc1-n1nncc1C(C)c1ccc(Cl)cc1. The van der Waals surface area contributed by atoms with Gasteiger partial charge in [-0.15, -0.1) is 5.10 Å². The summed E-state index contributed by atoms with van der Waals surface area (Å²) in [4.78, 5) is 3.68. The van der Waals surface area contributed by atoms with Crippen molar-refractivity contribution in [3.05, 3.63) is 87.1 Å². The van der Waals surface area contributed by atoms with E-state index in [4.69, 9.17) is 11.6 Å². The molecule has 4 rings (SSSR count). The van der Waals surface area contributed by atoms with Crippen molar-refractivity contribution < 1.29 is 13.2 Å². The number of aryl methyl sites for hydroxylation is 1. The maximum absolute atomic E-state index is 13.2. The fourth-order valence-corrected chi connectivity index (χ4v) is 3.85. The molecular formula is C21H16BrClF3N5. The van der Waals surface area contributed by atoms with Crippen molar-refractivity contribution in [2.24, 2.45) is 0 Å². The Hall–Kier alpha value is -2.65. The summed E-state index contributed by atoms with van der Waals surface area (Å²) in [5, 5.41) is 8.92. The van der Waals surface area contributed by atoms with Crippen LogP contribution in [0.1, 0.15) is 35.6 Å². The number of hydrogen-bond acceptors (Lipinski definition) is 3. The van der Waals surface area contributed by atoms with Crippen LogP contribution in [0.25, 0.3) is 11.4 Å². The Bertz CT molecular complexity index is 1230. The van der Waals surface area contributed by atoms with Gasteiger partial charge in [-0.2, -0.15) is 13.2 Å². The van der Waals surface area contributed by atoms with Crippen molar-refractivity contribution in [3.63, 3.8) is 0 Å². The smallest absolute Gasteiger partial charge is 0.301 e. The average Bonchev–Trinajstić information content (AvgIpc) is 3.35. The zero-order chi connectivity index (χ0) is 22.3. The van der Waals surface area contributed by atoms with Crippen LogP contribution in [0.4, 0.5) is 13.2 Å². The highest BCUT2D eigenvalue weighted by atomic mass is 79.9. The van der Waals surface area contributed by atoms with Crippen LogP contribution in [0.3, 0.4) is 0 Å². The van der Waals surface area contributed by atoms with Crippen LogP contribution in [-0.4, -0.2) is 24.5 Å². The lowest BCUT2D eigenvalue weighted by Gasteiger charge is -2.17. The Morgan fingerprint density at radius 1 is 1.06 bits per heavy atom. The van der Waals surface area contributed by atoms with Gasteiger partial charge < -0.3 is 4.57 Å². The van der Waals surface area contributed by atoms with Crippen LogP contribution in [0.2, 0.25) is 5.02 Å². The molecule has 2 heterocycles. The lowest BCUT2D eigenvalue weighted by atomic mass is 9.98. The van der Waals surface area contributed by atoms with E-state index in [1.54, 1.807) is 41.2 Å². The van der Waals surface area contributed by atoms with Gasteiger partial charge in [0, 0.05) is 21.6 Å². The molecule has 4 aromatic rings. The summed E-state index contributed by atoms with van der Waals surface area (Å²) in [6.45, 7) is 3.53. The first-order valence-corrected chi connectivity index (χ1v) is 10.4. The second kappa shape index (κ2) is 8.12. The molecule has 5 nitrogen and oxygen atoms in total. The Balaban J connectivity index is 1.85. The number of nitrogens with zero attached hydrogens (tertiary/aromatic N) is 5. The number of imidazole rings is 1. The monoisotopic (exact) mass is 509 g/mol. The summed E-state index contributed by atoms with van der Waals surface area (Å²) < 4.78 is 43.4. The molecule has 0 amide bonds. The van der Waals surface area contributed by atoms with Crippen LogP contribution in [0, 0.1) is 6.92 Å². The maximum atomic E-state index is 13.2. The van der Waals surface area contributed by atoms with E-state index < -0.39 is 11.9 Å². The molecule has 1 atom stereocenters. The molecule has 0 aliphatic heterocycles. The Morgan fingerprint density at radius 2 is 1.77 bits per heavy atom. The number of rotatable bonds is 4. The summed E-state index contributed by atoms with van der Waals surface area (Å²) in [7, 11) is 0. The molecule has 10 heteroatoms. The third-order valence-electron chi connectivity index (χ3n) is 4.99. The van der Waals surface area contributed by atoms with Crippen molar-refractivity contribution in [2.45, 2.75) is 25.9 Å². The molecule has 2 aromatic heterocycles. The Morgan fingerprint density at radius 3 is 2.42 bits per heavy atom. The van der Waals surface area contributed by atoms with Gasteiger partial charge in [-0.1, -0.05) is 51.8 Å². The van der Waals surface area contributed by atoms with Crippen molar-refractivity contribution in [3.8, 4) is 11.4 Å². The highest BCUT2D eigenvalue weighted by Gasteiger charge is 2.34. The molecule has 2 aromatic carbocycles. The first-order chi connectivity index (χ1) is 14.6. The molecule has 0 aliphatic rings. The van der Waals surface area contributed by atoms with Gasteiger partial charge in [0.25, 0.3) is 0 Å². The fraction of sp³-hybridized carbons (Fsp3) is 0.190. The van der Waals surface area contributed by atoms with Gasteiger partial charge in [0.2, 0.25) is 0 Å². The normalized spacial score (nSPS) is 12.9. The fourth-order valence-electron chi connectivity index (χ4n) is 3.37. The first-order valence-electron chi connectivity index (χ1n) is 9.24. The van der Waals surface area contributed by atoms with Gasteiger partial charge >= 0.3 is 6.18 Å². The number of benzene rings is 2. The minimum absolute atomic E-state index is 0.0891. The van der Waals surface area contributed by atoms with E-state index in [9.17, 15) is 13.2 Å². The summed E-state index contributed by atoms with van der Waals surface area (Å²) in [5.41, 5.74) is 1.89. The average molecular weight is 511 g/mol. The molecular weight excluding hydrogens is 495 g/mol. The third-order valence-corrected chi connectivity index (χ3v) is 5.73. The Labute approximate surface area is 189 Å². The molecule has 160 valence electrons. The van der Waals surface area contributed by atoms with Gasteiger partial charge in [0.1, 0.15) is 5.82 Å². The number of halogens is 5. The van der Waals surface area contributed by atoms with E-state index in [-0.39, 0.29) is 11.7 Å². The van der Waals surface area contributed by atoms with Crippen LogP contribution in [0.5, 0.6) is 0 Å². The van der Waals surface area contributed by atoms with Crippen molar-refractivity contribution >= 4 is 27.5 Å². The molecule has 0 saturated heterocycles. The minimum Gasteiger partial charge on any atom is -0.301 e. The molecule has 0 spiro atoms. The van der Waals surface area contributed by atoms with Crippen LogP contribution in [0.15, 0.2) is 59.3 Å². The molecule has 31 heavy (non-hydrogen) atoms. The molecule has 0 N–H and O–H groups in total. The van der Waals surface area contributed by atoms with E-state index in [1.165, 1.54) is 11.5 Å². The van der Waals surface area contributed by atoms with Gasteiger partial charge in [0.15, 0.2) is 5.69 Å². The zero-order valence-corrected chi connectivity index (χ0v) is 18.7. The predicted octanol–water partition coefficient (Wildman–Crippen LogP) is 6.35. The molecule has 0 radical (unpaired) electrons. The summed E-state index contributed by atoms with van der Waals surface area (Å²) in [5.74, 6) is 0.122. The van der Waals surface area contributed by atoms with Crippen LogP contribution >= 0.6 is 27.5 Å². The molecule has 1 unspecified atom stereocenters. The van der Waals surface area contributed by atoms with Crippen LogP contribution < -0.4 is 0 Å². The van der Waals surface area contributed by atoms with E-state index in [0.717, 1.165) is 21.9 Å². The van der Waals surface area contributed by atoms with Crippen molar-refractivity contribution in [2.75, 3.05) is 0 Å². The van der Waals surface area contributed by atoms with E-state index in [1.807, 2.05) is 19.1 Å². The van der Waals surface area contributed by atoms with Gasteiger partial charge in [-0.3, -0.25) is 0 Å². The number of alkyl halides is 3. The summed E-state index contributed by atoms with van der Waals surface area (Å²) >= 11 is 9.44. The second-order valence-corrected chi connectivity index (χ2v) is 8.37. The van der Waals surface area contributed by atoms with E-state index in [0.29, 0.717) is 16.4 Å². The largest absolute Gasteiger partial charge is 0.434 e. The number of hydrogen-bond donors (Lipinski definition) is 0. The quantitative estimate of drug-likeness (QED) is 0.321. The highest BCUT2D eigenvalue weighted by Crippen LogP contribution is 2.33. The van der Waals surface area contributed by atoms with Gasteiger partial charge in [0.05, 0.1) is 23.3 Å². The number of aromatic nitrogens is 5. The predicted molar refractivity (Wildman–Crippen MR) is 115 cm³/mol. The van der Waals surface area contributed by atoms with Crippen molar-refractivity contribution in [1.29, 1.82) is 0 Å².